The number of aromatic amines is 1. The molecule has 0 radical (unpaired) electrons. The van der Waals surface area contributed by atoms with Crippen LogP contribution >= 0.6 is 0 Å². The Morgan fingerprint density at radius 2 is 2.06 bits per heavy atom. The molecule has 2 rings (SSSR count). The maximum atomic E-state index is 13.7. The van der Waals surface area contributed by atoms with Crippen LogP contribution in [0.15, 0.2) is 29.1 Å². The average Bonchev–Trinajstić information content (AvgIpc) is 2.67. The minimum atomic E-state index is -0.445. The first-order valence-corrected chi connectivity index (χ1v) is 5.85. The fourth-order valence-corrected chi connectivity index (χ4v) is 1.97. The largest absolute Gasteiger partial charge is 0.326 e. The van der Waals surface area contributed by atoms with Crippen LogP contribution in [0, 0.1) is 5.82 Å². The van der Waals surface area contributed by atoms with Crippen molar-refractivity contribution in [1.82, 2.24) is 9.78 Å². The van der Waals surface area contributed by atoms with Crippen molar-refractivity contribution in [3.05, 3.63) is 51.7 Å². The van der Waals surface area contributed by atoms with Gasteiger partial charge in [-0.2, -0.15) is 0 Å². The molecule has 0 atom stereocenters. The molecular weight excluding hydrogens is 233 g/mol. The van der Waals surface area contributed by atoms with E-state index in [-0.39, 0.29) is 23.7 Å². The number of rotatable bonds is 3. The van der Waals surface area contributed by atoms with Gasteiger partial charge >= 0.3 is 0 Å². The van der Waals surface area contributed by atoms with E-state index in [0.717, 1.165) is 5.69 Å². The lowest BCUT2D eigenvalue weighted by Crippen LogP contribution is -2.20. The Morgan fingerprint density at radius 1 is 1.39 bits per heavy atom. The molecule has 3 N–H and O–H groups in total. The summed E-state index contributed by atoms with van der Waals surface area (Å²) in [4.78, 5) is 12.2. The van der Waals surface area contributed by atoms with Crippen LogP contribution in [0.3, 0.4) is 0 Å². The quantitative estimate of drug-likeness (QED) is 0.872. The second-order valence-corrected chi connectivity index (χ2v) is 4.45. The van der Waals surface area contributed by atoms with Gasteiger partial charge in [-0.05, 0) is 18.1 Å². The van der Waals surface area contributed by atoms with E-state index in [2.05, 4.69) is 5.10 Å². The van der Waals surface area contributed by atoms with Gasteiger partial charge in [-0.1, -0.05) is 26.0 Å². The van der Waals surface area contributed by atoms with Gasteiger partial charge in [0.15, 0.2) is 0 Å². The van der Waals surface area contributed by atoms with Gasteiger partial charge in [0.05, 0.1) is 5.56 Å². The van der Waals surface area contributed by atoms with E-state index in [1.165, 1.54) is 10.7 Å². The van der Waals surface area contributed by atoms with Crippen molar-refractivity contribution >= 4 is 0 Å². The lowest BCUT2D eigenvalue weighted by molar-refractivity contribution is 0.606. The molecule has 1 aromatic heterocycles. The van der Waals surface area contributed by atoms with E-state index in [1.807, 2.05) is 13.8 Å². The first-order valence-electron chi connectivity index (χ1n) is 5.85. The SMILES string of the molecule is CC(C)c1[nH]n(-c2ccccc2F)c(=O)c1CN. The molecule has 4 nitrogen and oxygen atoms in total. The topological polar surface area (TPSA) is 63.8 Å². The molecule has 96 valence electrons. The van der Waals surface area contributed by atoms with Crippen molar-refractivity contribution in [1.29, 1.82) is 0 Å². The number of aromatic nitrogens is 2. The van der Waals surface area contributed by atoms with Crippen LogP contribution in [0.2, 0.25) is 0 Å². The number of H-pyrrole nitrogens is 1. The molecule has 0 bridgehead atoms. The summed E-state index contributed by atoms with van der Waals surface area (Å²) in [5.41, 5.74) is 6.78. The molecule has 0 spiro atoms. The summed E-state index contributed by atoms with van der Waals surface area (Å²) in [6, 6.07) is 6.14. The van der Waals surface area contributed by atoms with Gasteiger partial charge < -0.3 is 5.73 Å². The van der Waals surface area contributed by atoms with Crippen molar-refractivity contribution in [3.8, 4) is 5.69 Å². The second-order valence-electron chi connectivity index (χ2n) is 4.45. The second kappa shape index (κ2) is 4.78. The van der Waals surface area contributed by atoms with E-state index >= 15 is 0 Å². The highest BCUT2D eigenvalue weighted by Crippen LogP contribution is 2.17. The summed E-state index contributed by atoms with van der Waals surface area (Å²) in [6.07, 6.45) is 0. The summed E-state index contributed by atoms with van der Waals surface area (Å²) in [7, 11) is 0. The van der Waals surface area contributed by atoms with E-state index in [0.29, 0.717) is 5.56 Å². The number of halogens is 1. The fourth-order valence-electron chi connectivity index (χ4n) is 1.97. The summed E-state index contributed by atoms with van der Waals surface area (Å²) in [5.74, 6) is -0.316. The van der Waals surface area contributed by atoms with Gasteiger partial charge in [0, 0.05) is 12.2 Å². The van der Waals surface area contributed by atoms with Crippen LogP contribution in [0.25, 0.3) is 5.69 Å². The third kappa shape index (κ3) is 1.97. The van der Waals surface area contributed by atoms with E-state index in [9.17, 15) is 9.18 Å². The molecule has 0 saturated carbocycles. The first-order chi connectivity index (χ1) is 8.56. The lowest BCUT2D eigenvalue weighted by Gasteiger charge is -2.04. The number of nitrogens with zero attached hydrogens (tertiary/aromatic N) is 1. The third-order valence-corrected chi connectivity index (χ3v) is 2.89. The molecular formula is C13H16FN3O. The molecule has 0 fully saturated rings. The zero-order valence-corrected chi connectivity index (χ0v) is 10.4. The zero-order chi connectivity index (χ0) is 13.3. The van der Waals surface area contributed by atoms with Crippen LogP contribution in [0.5, 0.6) is 0 Å². The maximum absolute atomic E-state index is 13.7. The zero-order valence-electron chi connectivity index (χ0n) is 10.4. The Morgan fingerprint density at radius 3 is 2.56 bits per heavy atom. The molecule has 0 saturated heterocycles. The predicted octanol–water partition coefficient (Wildman–Crippen LogP) is 1.89. The van der Waals surface area contributed by atoms with Crippen molar-refractivity contribution < 1.29 is 4.39 Å². The average molecular weight is 249 g/mol. The summed E-state index contributed by atoms with van der Waals surface area (Å²) in [6.45, 7) is 4.05. The normalized spacial score (nSPS) is 11.2. The number of hydrogen-bond donors (Lipinski definition) is 2. The molecule has 0 aliphatic rings. The Balaban J connectivity index is 2.67. The van der Waals surface area contributed by atoms with E-state index < -0.39 is 5.82 Å². The molecule has 0 aliphatic carbocycles. The van der Waals surface area contributed by atoms with Crippen LogP contribution in [-0.4, -0.2) is 9.78 Å². The van der Waals surface area contributed by atoms with Crippen LogP contribution in [-0.2, 0) is 6.54 Å². The van der Waals surface area contributed by atoms with E-state index in [4.69, 9.17) is 5.73 Å². The lowest BCUT2D eigenvalue weighted by atomic mass is 10.1. The highest BCUT2D eigenvalue weighted by Gasteiger charge is 2.17. The molecule has 1 aromatic carbocycles. The molecule has 5 heteroatoms. The number of nitrogens with one attached hydrogen (secondary N) is 1. The fraction of sp³-hybridized carbons (Fsp3) is 0.308. The van der Waals surface area contributed by atoms with Gasteiger partial charge in [-0.3, -0.25) is 9.89 Å². The Kier molecular flexibility index (Phi) is 3.34. The first kappa shape index (κ1) is 12.6. The van der Waals surface area contributed by atoms with Crippen LogP contribution in [0.4, 0.5) is 4.39 Å². The smallest absolute Gasteiger partial charge is 0.276 e. The monoisotopic (exact) mass is 249 g/mol. The van der Waals surface area contributed by atoms with Crippen molar-refractivity contribution in [2.45, 2.75) is 26.3 Å². The Labute approximate surface area is 104 Å². The van der Waals surface area contributed by atoms with Crippen LogP contribution < -0.4 is 11.3 Å². The van der Waals surface area contributed by atoms with Crippen molar-refractivity contribution in [3.63, 3.8) is 0 Å². The predicted molar refractivity (Wildman–Crippen MR) is 68.3 cm³/mol. The Hall–Kier alpha value is -1.88. The van der Waals surface area contributed by atoms with Crippen molar-refractivity contribution in [2.75, 3.05) is 0 Å². The molecule has 1 heterocycles. The minimum Gasteiger partial charge on any atom is -0.326 e. The molecule has 0 aliphatic heterocycles. The summed E-state index contributed by atoms with van der Waals surface area (Å²) < 4.78 is 14.9. The van der Waals surface area contributed by atoms with Gasteiger partial charge in [-0.25, -0.2) is 9.07 Å². The van der Waals surface area contributed by atoms with Crippen molar-refractivity contribution in [2.24, 2.45) is 5.73 Å². The number of nitrogens with two attached hydrogens (primary N) is 1. The number of para-hydroxylation sites is 1. The van der Waals surface area contributed by atoms with Crippen LogP contribution in [0.1, 0.15) is 31.0 Å². The van der Waals surface area contributed by atoms with Gasteiger partial charge in [0.1, 0.15) is 11.5 Å². The number of benzene rings is 1. The van der Waals surface area contributed by atoms with Gasteiger partial charge in [-0.15, -0.1) is 0 Å². The maximum Gasteiger partial charge on any atom is 0.276 e. The molecule has 0 unspecified atom stereocenters. The molecule has 0 amide bonds. The standard InChI is InChI=1S/C13H16FN3O/c1-8(2)12-9(7-15)13(18)17(16-12)11-6-4-3-5-10(11)14/h3-6,8,16H,7,15H2,1-2H3. The van der Waals surface area contributed by atoms with Gasteiger partial charge in [0.2, 0.25) is 0 Å². The summed E-state index contributed by atoms with van der Waals surface area (Å²) in [5, 5.41) is 2.94. The highest BCUT2D eigenvalue weighted by atomic mass is 19.1. The highest BCUT2D eigenvalue weighted by molar-refractivity contribution is 5.35. The van der Waals surface area contributed by atoms with E-state index in [1.54, 1.807) is 18.2 Å². The third-order valence-electron chi connectivity index (χ3n) is 2.89. The van der Waals surface area contributed by atoms with Gasteiger partial charge in [0.25, 0.3) is 5.56 Å². The minimum absolute atomic E-state index is 0.129. The molecule has 2 aromatic rings. The Bertz CT molecular complexity index is 613. The molecule has 18 heavy (non-hydrogen) atoms. The number of hydrogen-bond acceptors (Lipinski definition) is 2. The summed E-state index contributed by atoms with van der Waals surface area (Å²) >= 11 is 0.